The maximum atomic E-state index is 13.4. The standard InChI is InChI=1S/C27H25ClN4O4/c1-18-12-13-21(15-23(18)28)32-27(35)31(17-20-10-7-11-22(14-20)36-3)26(34)24(29-32)25(33)30(2)16-19-8-5-4-6-9-19/h4-15H,16-17H2,1-3H3. The number of rotatable bonds is 7. The van der Waals surface area contributed by atoms with Gasteiger partial charge in [0.05, 0.1) is 19.3 Å². The van der Waals surface area contributed by atoms with E-state index in [4.69, 9.17) is 16.3 Å². The quantitative estimate of drug-likeness (QED) is 0.383. The maximum Gasteiger partial charge on any atom is 0.352 e. The molecule has 0 saturated heterocycles. The third-order valence-corrected chi connectivity index (χ3v) is 6.15. The Morgan fingerprint density at radius 3 is 2.42 bits per heavy atom. The smallest absolute Gasteiger partial charge is 0.352 e. The van der Waals surface area contributed by atoms with Gasteiger partial charge in [-0.05, 0) is 47.9 Å². The number of aromatic nitrogens is 3. The number of amides is 1. The maximum absolute atomic E-state index is 13.4. The van der Waals surface area contributed by atoms with Crippen LogP contribution in [0.1, 0.15) is 27.2 Å². The largest absolute Gasteiger partial charge is 0.497 e. The van der Waals surface area contributed by atoms with Gasteiger partial charge in [-0.15, -0.1) is 0 Å². The Morgan fingerprint density at radius 1 is 1.00 bits per heavy atom. The number of hydrogen-bond acceptors (Lipinski definition) is 5. The summed E-state index contributed by atoms with van der Waals surface area (Å²) < 4.78 is 7.30. The highest BCUT2D eigenvalue weighted by atomic mass is 35.5. The molecular weight excluding hydrogens is 480 g/mol. The number of carbonyl (C=O) groups is 1. The molecule has 0 bridgehead atoms. The van der Waals surface area contributed by atoms with Crippen molar-refractivity contribution in [2.45, 2.75) is 20.0 Å². The number of benzene rings is 3. The third kappa shape index (κ3) is 5.23. The van der Waals surface area contributed by atoms with Crippen molar-refractivity contribution in [3.05, 3.63) is 121 Å². The fourth-order valence-corrected chi connectivity index (χ4v) is 3.91. The Labute approximate surface area is 213 Å². The van der Waals surface area contributed by atoms with Crippen molar-refractivity contribution in [1.82, 2.24) is 19.2 Å². The van der Waals surface area contributed by atoms with Crippen LogP contribution in [0.25, 0.3) is 5.69 Å². The molecule has 1 heterocycles. The molecule has 1 aromatic heterocycles. The van der Waals surface area contributed by atoms with Crippen LogP contribution in [0.4, 0.5) is 0 Å². The first-order chi connectivity index (χ1) is 17.3. The summed E-state index contributed by atoms with van der Waals surface area (Å²) in [5, 5.41) is 4.64. The summed E-state index contributed by atoms with van der Waals surface area (Å²) in [4.78, 5) is 41.7. The van der Waals surface area contributed by atoms with Crippen molar-refractivity contribution in [3.8, 4) is 11.4 Å². The van der Waals surface area contributed by atoms with Crippen molar-refractivity contribution < 1.29 is 9.53 Å². The minimum atomic E-state index is -0.776. The van der Waals surface area contributed by atoms with Gasteiger partial charge in [0.1, 0.15) is 5.75 Å². The van der Waals surface area contributed by atoms with Gasteiger partial charge in [0.25, 0.3) is 11.5 Å². The molecule has 0 saturated carbocycles. The van der Waals surface area contributed by atoms with E-state index in [9.17, 15) is 14.4 Å². The molecule has 8 nitrogen and oxygen atoms in total. The van der Waals surface area contributed by atoms with Crippen molar-refractivity contribution in [3.63, 3.8) is 0 Å². The van der Waals surface area contributed by atoms with Gasteiger partial charge < -0.3 is 9.64 Å². The van der Waals surface area contributed by atoms with Crippen LogP contribution < -0.4 is 16.0 Å². The molecule has 4 rings (SSSR count). The first kappa shape index (κ1) is 24.9. The van der Waals surface area contributed by atoms with Crippen molar-refractivity contribution in [2.24, 2.45) is 0 Å². The second kappa shape index (κ2) is 10.6. The Bertz CT molecular complexity index is 1530. The zero-order chi connectivity index (χ0) is 25.8. The number of hydrogen-bond donors (Lipinski definition) is 0. The minimum Gasteiger partial charge on any atom is -0.497 e. The lowest BCUT2D eigenvalue weighted by molar-refractivity contribution is 0.0773. The lowest BCUT2D eigenvalue weighted by atomic mass is 10.2. The molecule has 0 radical (unpaired) electrons. The van der Waals surface area contributed by atoms with E-state index >= 15 is 0 Å². The van der Waals surface area contributed by atoms with Gasteiger partial charge >= 0.3 is 5.69 Å². The van der Waals surface area contributed by atoms with Gasteiger partial charge in [0, 0.05) is 18.6 Å². The van der Waals surface area contributed by atoms with Gasteiger partial charge in [-0.3, -0.25) is 14.2 Å². The zero-order valence-electron chi connectivity index (χ0n) is 20.1. The molecule has 0 atom stereocenters. The van der Waals surface area contributed by atoms with Crippen LogP contribution in [-0.4, -0.2) is 39.3 Å². The van der Waals surface area contributed by atoms with E-state index in [1.54, 1.807) is 49.5 Å². The van der Waals surface area contributed by atoms with E-state index < -0.39 is 17.2 Å². The summed E-state index contributed by atoms with van der Waals surface area (Å²) >= 11 is 6.29. The van der Waals surface area contributed by atoms with Crippen molar-refractivity contribution in [2.75, 3.05) is 14.2 Å². The molecule has 0 spiro atoms. The predicted octanol–water partition coefficient (Wildman–Crippen LogP) is 3.69. The second-order valence-corrected chi connectivity index (χ2v) is 8.77. The highest BCUT2D eigenvalue weighted by Gasteiger charge is 2.23. The number of carbonyl (C=O) groups excluding carboxylic acids is 1. The lowest BCUT2D eigenvalue weighted by Gasteiger charge is -2.18. The number of ether oxygens (including phenoxy) is 1. The molecule has 3 aromatic carbocycles. The fourth-order valence-electron chi connectivity index (χ4n) is 3.73. The monoisotopic (exact) mass is 504 g/mol. The van der Waals surface area contributed by atoms with Gasteiger partial charge in [0.15, 0.2) is 0 Å². The summed E-state index contributed by atoms with van der Waals surface area (Å²) in [7, 11) is 3.12. The molecule has 1 amide bonds. The first-order valence-electron chi connectivity index (χ1n) is 11.2. The van der Waals surface area contributed by atoms with E-state index in [2.05, 4.69) is 5.10 Å². The van der Waals surface area contributed by atoms with E-state index in [-0.39, 0.29) is 18.8 Å². The molecule has 0 unspecified atom stereocenters. The van der Waals surface area contributed by atoms with Crippen LogP contribution in [0.15, 0.2) is 82.4 Å². The summed E-state index contributed by atoms with van der Waals surface area (Å²) in [5.41, 5.74) is 0.875. The molecule has 0 aliphatic heterocycles. The fraction of sp³-hybridized carbons (Fsp3) is 0.185. The number of halogens is 1. The van der Waals surface area contributed by atoms with E-state index in [0.29, 0.717) is 22.0 Å². The molecule has 4 aromatic rings. The van der Waals surface area contributed by atoms with E-state index in [1.807, 2.05) is 37.3 Å². The average Bonchev–Trinajstić information content (AvgIpc) is 2.88. The number of aryl methyl sites for hydroxylation is 1. The first-order valence-corrected chi connectivity index (χ1v) is 11.6. The van der Waals surface area contributed by atoms with Crippen LogP contribution in [0.2, 0.25) is 5.02 Å². The van der Waals surface area contributed by atoms with Crippen LogP contribution in [0, 0.1) is 6.92 Å². The van der Waals surface area contributed by atoms with Crippen molar-refractivity contribution in [1.29, 1.82) is 0 Å². The topological polar surface area (TPSA) is 86.4 Å². The Morgan fingerprint density at radius 2 is 1.72 bits per heavy atom. The minimum absolute atomic E-state index is 0.0698. The molecular formula is C27H25ClN4O4. The Balaban J connectivity index is 1.84. The summed E-state index contributed by atoms with van der Waals surface area (Å²) in [6.45, 7) is 2.03. The van der Waals surface area contributed by atoms with Gasteiger partial charge in [-0.25, -0.2) is 4.79 Å². The van der Waals surface area contributed by atoms with Gasteiger partial charge in [-0.2, -0.15) is 9.78 Å². The molecule has 9 heteroatoms. The van der Waals surface area contributed by atoms with Crippen LogP contribution >= 0.6 is 11.6 Å². The Hall–Kier alpha value is -4.17. The van der Waals surface area contributed by atoms with Crippen LogP contribution in [0.5, 0.6) is 5.75 Å². The summed E-state index contributed by atoms with van der Waals surface area (Å²) in [6.07, 6.45) is 0. The van der Waals surface area contributed by atoms with Crippen LogP contribution in [-0.2, 0) is 13.1 Å². The van der Waals surface area contributed by atoms with E-state index in [1.165, 1.54) is 12.0 Å². The summed E-state index contributed by atoms with van der Waals surface area (Å²) in [6, 6.07) is 21.4. The van der Waals surface area contributed by atoms with Crippen molar-refractivity contribution >= 4 is 17.5 Å². The molecule has 0 aliphatic rings. The predicted molar refractivity (Wildman–Crippen MR) is 138 cm³/mol. The highest BCUT2D eigenvalue weighted by molar-refractivity contribution is 6.31. The molecule has 184 valence electrons. The summed E-state index contributed by atoms with van der Waals surface area (Å²) in [5.74, 6) is -0.0191. The molecule has 0 aliphatic carbocycles. The normalized spacial score (nSPS) is 10.8. The van der Waals surface area contributed by atoms with E-state index in [0.717, 1.165) is 20.4 Å². The molecule has 36 heavy (non-hydrogen) atoms. The van der Waals surface area contributed by atoms with Gasteiger partial charge in [0.2, 0.25) is 5.69 Å². The number of methoxy groups -OCH3 is 1. The SMILES string of the molecule is COc1cccc(Cn2c(=O)c(C(=O)N(C)Cc3ccccc3)nn(-c3ccc(C)c(Cl)c3)c2=O)c1. The molecule has 0 fully saturated rings. The van der Waals surface area contributed by atoms with Gasteiger partial charge in [-0.1, -0.05) is 60.1 Å². The average molecular weight is 505 g/mol. The van der Waals surface area contributed by atoms with Crippen LogP contribution in [0.3, 0.4) is 0 Å². The highest BCUT2D eigenvalue weighted by Crippen LogP contribution is 2.18. The Kier molecular flexibility index (Phi) is 7.36. The third-order valence-electron chi connectivity index (χ3n) is 5.75. The second-order valence-electron chi connectivity index (χ2n) is 8.37. The number of nitrogens with zero attached hydrogens (tertiary/aromatic N) is 4. The zero-order valence-corrected chi connectivity index (χ0v) is 20.9. The lowest BCUT2D eigenvalue weighted by Crippen LogP contribution is -2.46. The molecule has 0 N–H and O–H groups in total.